The summed E-state index contributed by atoms with van der Waals surface area (Å²) in [4.78, 5) is 11.6. The Kier molecular flexibility index (Phi) is 1.87. The monoisotopic (exact) mass is 205 g/mol. The number of hydrogen-bond acceptors (Lipinski definition) is 2. The highest BCUT2D eigenvalue weighted by atomic mass is 16.3. The standard InChI is InChI=1S/C12H15NO2/c14-11(10-2-1-7-15-10)13-8-12(5-6-12)9-3-4-9/h1-2,7,9H,3-6,8H2,(H,13,14). The molecule has 3 nitrogen and oxygen atoms in total. The van der Waals surface area contributed by atoms with Gasteiger partial charge in [0.2, 0.25) is 0 Å². The quantitative estimate of drug-likeness (QED) is 0.818. The number of furan rings is 1. The highest BCUT2D eigenvalue weighted by Crippen LogP contribution is 2.60. The lowest BCUT2D eigenvalue weighted by atomic mass is 10.0. The van der Waals surface area contributed by atoms with Gasteiger partial charge in [0.05, 0.1) is 6.26 Å². The predicted molar refractivity (Wildman–Crippen MR) is 55.4 cm³/mol. The van der Waals surface area contributed by atoms with Crippen LogP contribution in [0.25, 0.3) is 0 Å². The number of carbonyl (C=O) groups excluding carboxylic acids is 1. The van der Waals surface area contributed by atoms with Gasteiger partial charge in [0, 0.05) is 6.54 Å². The number of hydrogen-bond donors (Lipinski definition) is 1. The van der Waals surface area contributed by atoms with Gasteiger partial charge in [-0.25, -0.2) is 0 Å². The van der Waals surface area contributed by atoms with Crippen LogP contribution in [0.2, 0.25) is 0 Å². The van der Waals surface area contributed by atoms with Gasteiger partial charge in [-0.2, -0.15) is 0 Å². The largest absolute Gasteiger partial charge is 0.459 e. The molecule has 2 saturated carbocycles. The fraction of sp³-hybridized carbons (Fsp3) is 0.583. The van der Waals surface area contributed by atoms with E-state index in [-0.39, 0.29) is 5.91 Å². The minimum atomic E-state index is -0.0769. The minimum absolute atomic E-state index is 0.0769. The van der Waals surface area contributed by atoms with Crippen molar-refractivity contribution in [2.45, 2.75) is 25.7 Å². The SMILES string of the molecule is O=C(NCC1(C2CC2)CC1)c1ccco1. The Balaban J connectivity index is 1.56. The van der Waals surface area contributed by atoms with E-state index in [1.807, 2.05) is 0 Å². The molecule has 0 atom stereocenters. The van der Waals surface area contributed by atoms with Gasteiger partial charge < -0.3 is 9.73 Å². The van der Waals surface area contributed by atoms with Crippen molar-refractivity contribution < 1.29 is 9.21 Å². The van der Waals surface area contributed by atoms with Crippen molar-refractivity contribution in [2.75, 3.05) is 6.54 Å². The molecule has 3 heteroatoms. The van der Waals surface area contributed by atoms with E-state index in [0.29, 0.717) is 11.2 Å². The van der Waals surface area contributed by atoms with Crippen molar-refractivity contribution in [2.24, 2.45) is 11.3 Å². The van der Waals surface area contributed by atoms with Crippen LogP contribution in [-0.2, 0) is 0 Å². The molecule has 0 aromatic carbocycles. The van der Waals surface area contributed by atoms with Crippen LogP contribution in [0.5, 0.6) is 0 Å². The zero-order valence-electron chi connectivity index (χ0n) is 8.66. The van der Waals surface area contributed by atoms with Crippen LogP contribution in [-0.4, -0.2) is 12.5 Å². The molecule has 1 aromatic heterocycles. The van der Waals surface area contributed by atoms with Crippen LogP contribution in [0.4, 0.5) is 0 Å². The first-order chi connectivity index (χ1) is 7.30. The van der Waals surface area contributed by atoms with E-state index in [1.54, 1.807) is 12.1 Å². The molecule has 0 saturated heterocycles. The summed E-state index contributed by atoms with van der Waals surface area (Å²) in [7, 11) is 0. The van der Waals surface area contributed by atoms with Gasteiger partial charge >= 0.3 is 0 Å². The smallest absolute Gasteiger partial charge is 0.286 e. The molecular formula is C12H15NO2. The van der Waals surface area contributed by atoms with Crippen LogP contribution in [0.1, 0.15) is 36.2 Å². The Bertz CT molecular complexity index is 361. The third-order valence-electron chi connectivity index (χ3n) is 3.68. The minimum Gasteiger partial charge on any atom is -0.459 e. The van der Waals surface area contributed by atoms with Crippen LogP contribution < -0.4 is 5.32 Å². The maximum atomic E-state index is 11.6. The summed E-state index contributed by atoms with van der Waals surface area (Å²) in [5.41, 5.74) is 0.461. The molecule has 0 bridgehead atoms. The molecule has 0 spiro atoms. The topological polar surface area (TPSA) is 42.2 Å². The van der Waals surface area contributed by atoms with Gasteiger partial charge in [-0.1, -0.05) is 0 Å². The van der Waals surface area contributed by atoms with E-state index in [1.165, 1.54) is 31.9 Å². The molecule has 15 heavy (non-hydrogen) atoms. The maximum Gasteiger partial charge on any atom is 0.286 e. The molecule has 0 unspecified atom stereocenters. The second-order valence-corrected chi connectivity index (χ2v) is 4.80. The Morgan fingerprint density at radius 1 is 1.53 bits per heavy atom. The van der Waals surface area contributed by atoms with Gasteiger partial charge in [0.1, 0.15) is 0 Å². The van der Waals surface area contributed by atoms with E-state index in [4.69, 9.17) is 4.42 Å². The lowest BCUT2D eigenvalue weighted by Crippen LogP contribution is -2.30. The summed E-state index contributed by atoms with van der Waals surface area (Å²) in [6.45, 7) is 0.831. The second kappa shape index (κ2) is 3.12. The number of rotatable bonds is 4. The Morgan fingerprint density at radius 3 is 2.87 bits per heavy atom. The summed E-state index contributed by atoms with van der Waals surface area (Å²) < 4.78 is 5.04. The van der Waals surface area contributed by atoms with Gasteiger partial charge in [0.25, 0.3) is 5.91 Å². The Hall–Kier alpha value is -1.25. The summed E-state index contributed by atoms with van der Waals surface area (Å²) in [5.74, 6) is 1.22. The Morgan fingerprint density at radius 2 is 2.33 bits per heavy atom. The highest BCUT2D eigenvalue weighted by molar-refractivity contribution is 5.91. The van der Waals surface area contributed by atoms with Crippen molar-refractivity contribution >= 4 is 5.91 Å². The lowest BCUT2D eigenvalue weighted by molar-refractivity contribution is 0.0915. The molecule has 1 amide bonds. The van der Waals surface area contributed by atoms with Crippen molar-refractivity contribution in [1.29, 1.82) is 0 Å². The lowest BCUT2D eigenvalue weighted by Gasteiger charge is -2.13. The van der Waals surface area contributed by atoms with Crippen molar-refractivity contribution in [3.63, 3.8) is 0 Å². The van der Waals surface area contributed by atoms with Crippen LogP contribution in [0.15, 0.2) is 22.8 Å². The molecule has 2 aliphatic rings. The van der Waals surface area contributed by atoms with Crippen LogP contribution in [0.3, 0.4) is 0 Å². The third kappa shape index (κ3) is 1.66. The van der Waals surface area contributed by atoms with Crippen molar-refractivity contribution in [1.82, 2.24) is 5.32 Å². The number of carbonyl (C=O) groups is 1. The molecule has 80 valence electrons. The number of amides is 1. The normalized spacial score (nSPS) is 22.4. The molecule has 2 fully saturated rings. The van der Waals surface area contributed by atoms with Gasteiger partial charge in [-0.3, -0.25) is 4.79 Å². The van der Waals surface area contributed by atoms with Gasteiger partial charge in [0.15, 0.2) is 5.76 Å². The highest BCUT2D eigenvalue weighted by Gasteiger charge is 2.53. The molecule has 1 N–H and O–H groups in total. The van der Waals surface area contributed by atoms with Crippen LogP contribution >= 0.6 is 0 Å². The van der Waals surface area contributed by atoms with E-state index in [2.05, 4.69) is 5.32 Å². The summed E-state index contributed by atoms with van der Waals surface area (Å²) in [6.07, 6.45) is 6.82. The predicted octanol–water partition coefficient (Wildman–Crippen LogP) is 2.20. The fourth-order valence-corrected chi connectivity index (χ4v) is 2.34. The first kappa shape index (κ1) is 9.01. The first-order valence-electron chi connectivity index (χ1n) is 5.62. The molecule has 0 radical (unpaired) electrons. The van der Waals surface area contributed by atoms with E-state index < -0.39 is 0 Å². The maximum absolute atomic E-state index is 11.6. The average molecular weight is 205 g/mol. The van der Waals surface area contributed by atoms with E-state index >= 15 is 0 Å². The summed E-state index contributed by atoms with van der Waals surface area (Å²) in [5, 5.41) is 2.98. The number of nitrogens with one attached hydrogen (secondary N) is 1. The van der Waals surface area contributed by atoms with E-state index in [9.17, 15) is 4.79 Å². The molecular weight excluding hydrogens is 190 g/mol. The van der Waals surface area contributed by atoms with Crippen molar-refractivity contribution in [3.05, 3.63) is 24.2 Å². The van der Waals surface area contributed by atoms with Gasteiger partial charge in [-0.05, 0) is 49.1 Å². The zero-order chi connectivity index (χ0) is 10.3. The second-order valence-electron chi connectivity index (χ2n) is 4.80. The van der Waals surface area contributed by atoms with E-state index in [0.717, 1.165) is 12.5 Å². The summed E-state index contributed by atoms with van der Waals surface area (Å²) >= 11 is 0. The Labute approximate surface area is 88.8 Å². The first-order valence-corrected chi connectivity index (χ1v) is 5.62. The molecule has 3 rings (SSSR count). The zero-order valence-corrected chi connectivity index (χ0v) is 8.66. The van der Waals surface area contributed by atoms with Crippen molar-refractivity contribution in [3.8, 4) is 0 Å². The van der Waals surface area contributed by atoms with Gasteiger partial charge in [-0.15, -0.1) is 0 Å². The van der Waals surface area contributed by atoms with Crippen LogP contribution in [0, 0.1) is 11.3 Å². The third-order valence-corrected chi connectivity index (χ3v) is 3.68. The molecule has 2 aliphatic carbocycles. The fourth-order valence-electron chi connectivity index (χ4n) is 2.34. The molecule has 1 heterocycles. The molecule has 1 aromatic rings. The molecule has 0 aliphatic heterocycles. The average Bonchev–Trinajstić information content (AvgIpc) is 3.14. The summed E-state index contributed by atoms with van der Waals surface area (Å²) in [6, 6.07) is 3.44.